The Morgan fingerprint density at radius 2 is 2.30 bits per heavy atom. The zero-order chi connectivity index (χ0) is 13.9. The van der Waals surface area contributed by atoms with Crippen molar-refractivity contribution in [3.05, 3.63) is 45.6 Å². The summed E-state index contributed by atoms with van der Waals surface area (Å²) in [5.74, 6) is 0.273. The molecule has 3 aromatic heterocycles. The molecule has 0 aromatic carbocycles. The molecule has 102 valence electrons. The van der Waals surface area contributed by atoms with Gasteiger partial charge >= 0.3 is 5.97 Å². The summed E-state index contributed by atoms with van der Waals surface area (Å²) in [6, 6.07) is 7.20. The van der Waals surface area contributed by atoms with Crippen molar-refractivity contribution in [1.29, 1.82) is 0 Å². The molecular weight excluding hydrogens is 298 g/mol. The zero-order valence-corrected chi connectivity index (χ0v) is 11.7. The molecule has 3 aromatic rings. The summed E-state index contributed by atoms with van der Waals surface area (Å²) in [4.78, 5) is 12.0. The lowest BCUT2D eigenvalue weighted by molar-refractivity contribution is 0.0702. The van der Waals surface area contributed by atoms with E-state index in [1.165, 1.54) is 6.07 Å². The van der Waals surface area contributed by atoms with Crippen molar-refractivity contribution in [2.24, 2.45) is 0 Å². The number of ether oxygens (including phenoxy) is 1. The van der Waals surface area contributed by atoms with Gasteiger partial charge in [-0.2, -0.15) is 0 Å². The Hall–Kier alpha value is -2.12. The highest BCUT2D eigenvalue weighted by Crippen LogP contribution is 2.26. The first-order valence-corrected chi connectivity index (χ1v) is 7.42. The summed E-state index contributed by atoms with van der Waals surface area (Å²) in [5.41, 5.74) is 0.663. The highest BCUT2D eigenvalue weighted by Gasteiger charge is 2.10. The molecule has 0 saturated heterocycles. The van der Waals surface area contributed by atoms with Crippen LogP contribution in [0.3, 0.4) is 0 Å². The standard InChI is InChI=1S/C13H9NO4S2/c15-13(16)12-5-9(7-20-12)17-6-8-4-10(18-14-8)11-2-1-3-19-11/h1-5,7H,6H2,(H,15,16). The van der Waals surface area contributed by atoms with Gasteiger partial charge in [0, 0.05) is 17.5 Å². The number of carboxylic acid groups (broad SMARTS) is 1. The van der Waals surface area contributed by atoms with Crippen LogP contribution in [-0.4, -0.2) is 16.2 Å². The van der Waals surface area contributed by atoms with E-state index in [9.17, 15) is 4.79 Å². The van der Waals surface area contributed by atoms with Gasteiger partial charge in [0.05, 0.1) is 4.88 Å². The average Bonchev–Trinajstić information content (AvgIpc) is 3.17. The molecule has 3 rings (SSSR count). The van der Waals surface area contributed by atoms with Crippen LogP contribution in [0.15, 0.2) is 39.5 Å². The lowest BCUT2D eigenvalue weighted by Gasteiger charge is -1.98. The Kier molecular flexibility index (Phi) is 3.53. The van der Waals surface area contributed by atoms with Crippen LogP contribution < -0.4 is 4.74 Å². The van der Waals surface area contributed by atoms with E-state index in [1.54, 1.807) is 16.7 Å². The SMILES string of the molecule is O=C(O)c1cc(OCc2cc(-c3cccs3)on2)cs1. The molecule has 0 atom stereocenters. The average molecular weight is 307 g/mol. The van der Waals surface area contributed by atoms with Crippen LogP contribution in [0.25, 0.3) is 10.6 Å². The Balaban J connectivity index is 1.65. The van der Waals surface area contributed by atoms with Gasteiger partial charge in [-0.3, -0.25) is 0 Å². The highest BCUT2D eigenvalue weighted by molar-refractivity contribution is 7.13. The topological polar surface area (TPSA) is 72.6 Å². The van der Waals surface area contributed by atoms with Crippen LogP contribution in [0.4, 0.5) is 0 Å². The molecule has 0 fully saturated rings. The van der Waals surface area contributed by atoms with Crippen LogP contribution in [0, 0.1) is 0 Å². The van der Waals surface area contributed by atoms with Gasteiger partial charge < -0.3 is 14.4 Å². The van der Waals surface area contributed by atoms with Crippen molar-refractivity contribution in [1.82, 2.24) is 5.16 Å². The van der Waals surface area contributed by atoms with Gasteiger partial charge in [0.15, 0.2) is 5.76 Å². The maximum Gasteiger partial charge on any atom is 0.346 e. The van der Waals surface area contributed by atoms with Gasteiger partial charge in [-0.25, -0.2) is 4.79 Å². The molecule has 0 aliphatic heterocycles. The second kappa shape index (κ2) is 5.48. The van der Waals surface area contributed by atoms with Crippen molar-refractivity contribution < 1.29 is 19.2 Å². The summed E-state index contributed by atoms with van der Waals surface area (Å²) in [7, 11) is 0. The van der Waals surface area contributed by atoms with Crippen molar-refractivity contribution >= 4 is 28.6 Å². The number of aromatic nitrogens is 1. The number of hydrogen-bond acceptors (Lipinski definition) is 6. The van der Waals surface area contributed by atoms with E-state index in [4.69, 9.17) is 14.4 Å². The minimum Gasteiger partial charge on any atom is -0.486 e. The van der Waals surface area contributed by atoms with Gasteiger partial charge in [0.2, 0.25) is 0 Å². The summed E-state index contributed by atoms with van der Waals surface area (Å²) in [5, 5.41) is 16.4. The Bertz CT molecular complexity index is 714. The van der Waals surface area contributed by atoms with Crippen molar-refractivity contribution in [2.75, 3.05) is 0 Å². The number of nitrogens with zero attached hydrogens (tertiary/aromatic N) is 1. The molecule has 0 aliphatic carbocycles. The summed E-state index contributed by atoms with van der Waals surface area (Å²) >= 11 is 2.70. The van der Waals surface area contributed by atoms with Crippen molar-refractivity contribution in [2.45, 2.75) is 6.61 Å². The van der Waals surface area contributed by atoms with E-state index in [-0.39, 0.29) is 11.5 Å². The lowest BCUT2D eigenvalue weighted by atomic mass is 10.3. The Labute approximate surface area is 122 Å². The largest absolute Gasteiger partial charge is 0.486 e. The van der Waals surface area contributed by atoms with Crippen LogP contribution in [0.1, 0.15) is 15.4 Å². The molecule has 7 heteroatoms. The first-order valence-electron chi connectivity index (χ1n) is 5.66. The molecule has 5 nitrogen and oxygen atoms in total. The normalized spacial score (nSPS) is 10.6. The fraction of sp³-hybridized carbons (Fsp3) is 0.0769. The third-order valence-electron chi connectivity index (χ3n) is 2.50. The van der Waals surface area contributed by atoms with E-state index in [1.807, 2.05) is 23.6 Å². The van der Waals surface area contributed by atoms with Crippen LogP contribution in [0.5, 0.6) is 5.75 Å². The molecule has 0 aliphatic rings. The van der Waals surface area contributed by atoms with Gasteiger partial charge in [-0.1, -0.05) is 11.2 Å². The number of thiophene rings is 2. The fourth-order valence-electron chi connectivity index (χ4n) is 1.58. The molecule has 0 radical (unpaired) electrons. The van der Waals surface area contributed by atoms with Crippen LogP contribution in [-0.2, 0) is 6.61 Å². The quantitative estimate of drug-likeness (QED) is 0.777. The molecule has 20 heavy (non-hydrogen) atoms. The van der Waals surface area contributed by atoms with Crippen molar-refractivity contribution in [3.8, 4) is 16.4 Å². The third-order valence-corrected chi connectivity index (χ3v) is 4.28. The second-order valence-electron chi connectivity index (χ2n) is 3.90. The molecular formula is C13H9NO4S2. The molecule has 1 N–H and O–H groups in total. The summed E-state index contributed by atoms with van der Waals surface area (Å²) < 4.78 is 10.7. The third kappa shape index (κ3) is 2.73. The first-order chi connectivity index (χ1) is 9.72. The number of rotatable bonds is 5. The van der Waals surface area contributed by atoms with Crippen LogP contribution >= 0.6 is 22.7 Å². The minimum atomic E-state index is -0.953. The molecule has 0 bridgehead atoms. The Morgan fingerprint density at radius 3 is 3.00 bits per heavy atom. The molecule has 3 heterocycles. The Morgan fingerprint density at radius 1 is 1.40 bits per heavy atom. The fourth-order valence-corrected chi connectivity index (χ4v) is 2.92. The van der Waals surface area contributed by atoms with E-state index in [0.717, 1.165) is 16.2 Å². The van der Waals surface area contributed by atoms with Gasteiger partial charge in [-0.05, 0) is 11.4 Å². The van der Waals surface area contributed by atoms with Crippen molar-refractivity contribution in [3.63, 3.8) is 0 Å². The second-order valence-corrected chi connectivity index (χ2v) is 5.76. The van der Waals surface area contributed by atoms with Gasteiger partial charge in [-0.15, -0.1) is 22.7 Å². The molecule has 0 unspecified atom stereocenters. The van der Waals surface area contributed by atoms with Crippen LogP contribution in [0.2, 0.25) is 0 Å². The smallest absolute Gasteiger partial charge is 0.346 e. The lowest BCUT2D eigenvalue weighted by Crippen LogP contribution is -1.94. The van der Waals surface area contributed by atoms with E-state index >= 15 is 0 Å². The van der Waals surface area contributed by atoms with Gasteiger partial charge in [0.1, 0.15) is 22.9 Å². The van der Waals surface area contributed by atoms with E-state index in [0.29, 0.717) is 17.2 Å². The minimum absolute atomic E-state index is 0.241. The van der Waals surface area contributed by atoms with E-state index < -0.39 is 5.97 Å². The van der Waals surface area contributed by atoms with Gasteiger partial charge in [0.25, 0.3) is 0 Å². The van der Waals surface area contributed by atoms with E-state index in [2.05, 4.69) is 5.16 Å². The maximum absolute atomic E-state index is 10.8. The summed E-state index contributed by atoms with van der Waals surface area (Å²) in [6.45, 7) is 0.241. The summed E-state index contributed by atoms with van der Waals surface area (Å²) in [6.07, 6.45) is 0. The molecule has 0 amide bonds. The number of aromatic carboxylic acids is 1. The maximum atomic E-state index is 10.8. The molecule has 0 saturated carbocycles. The zero-order valence-electron chi connectivity index (χ0n) is 10.1. The highest BCUT2D eigenvalue weighted by atomic mass is 32.1. The number of carboxylic acids is 1. The number of carbonyl (C=O) groups is 1. The molecule has 0 spiro atoms. The monoisotopic (exact) mass is 307 g/mol. The first kappa shape index (κ1) is 12.9. The predicted octanol–water partition coefficient (Wildman–Crippen LogP) is 3.74. The predicted molar refractivity (Wildman–Crippen MR) is 75.4 cm³/mol. The number of hydrogen-bond donors (Lipinski definition) is 1.